The fraction of sp³-hybridized carbons (Fsp3) is 0.355. The molecule has 0 unspecified atom stereocenters. The number of nitrogens with zero attached hydrogens (tertiary/aromatic N) is 2. The maximum absolute atomic E-state index is 14.0. The third-order valence-corrected chi connectivity index (χ3v) is 8.51. The zero-order valence-corrected chi connectivity index (χ0v) is 24.7. The highest BCUT2D eigenvalue weighted by Gasteiger charge is 2.33. The molecule has 0 aliphatic rings. The summed E-state index contributed by atoms with van der Waals surface area (Å²) in [7, 11) is -2.55. The average molecular weight is 566 g/mol. The summed E-state index contributed by atoms with van der Waals surface area (Å²) in [6.45, 7) is 7.53. The molecule has 0 bridgehead atoms. The number of para-hydroxylation sites is 1. The van der Waals surface area contributed by atoms with Crippen molar-refractivity contribution >= 4 is 27.5 Å². The van der Waals surface area contributed by atoms with Crippen LogP contribution in [0.25, 0.3) is 0 Å². The number of amides is 2. The number of methoxy groups -OCH3 is 1. The number of hydrogen-bond acceptors (Lipinski definition) is 5. The third kappa shape index (κ3) is 7.41. The van der Waals surface area contributed by atoms with Gasteiger partial charge in [0.2, 0.25) is 11.8 Å². The van der Waals surface area contributed by atoms with Gasteiger partial charge in [-0.25, -0.2) is 8.42 Å². The van der Waals surface area contributed by atoms with E-state index in [4.69, 9.17) is 4.74 Å². The van der Waals surface area contributed by atoms with Gasteiger partial charge < -0.3 is 15.0 Å². The first kappa shape index (κ1) is 30.7. The van der Waals surface area contributed by atoms with Gasteiger partial charge in [-0.15, -0.1) is 0 Å². The molecule has 2 amide bonds. The van der Waals surface area contributed by atoms with Crippen LogP contribution >= 0.6 is 0 Å². The molecule has 0 aliphatic carbocycles. The number of sulfonamides is 1. The van der Waals surface area contributed by atoms with Crippen molar-refractivity contribution in [2.75, 3.05) is 24.5 Å². The molecule has 0 heterocycles. The molecule has 0 radical (unpaired) electrons. The molecule has 40 heavy (non-hydrogen) atoms. The van der Waals surface area contributed by atoms with Crippen molar-refractivity contribution < 1.29 is 22.7 Å². The largest absolute Gasteiger partial charge is 0.497 e. The summed E-state index contributed by atoms with van der Waals surface area (Å²) in [6.07, 6.45) is 1.33. The Hall–Kier alpha value is -3.85. The van der Waals surface area contributed by atoms with E-state index in [2.05, 4.69) is 5.32 Å². The molecule has 1 atom stereocenters. The molecule has 0 aliphatic heterocycles. The van der Waals surface area contributed by atoms with Crippen LogP contribution < -0.4 is 14.4 Å². The van der Waals surface area contributed by atoms with Crippen molar-refractivity contribution in [1.82, 2.24) is 10.2 Å². The molecule has 0 saturated heterocycles. The van der Waals surface area contributed by atoms with Crippen LogP contribution in [-0.4, -0.2) is 51.4 Å². The van der Waals surface area contributed by atoms with Gasteiger partial charge in [0.1, 0.15) is 18.3 Å². The van der Waals surface area contributed by atoms with Gasteiger partial charge in [0.25, 0.3) is 10.0 Å². The SMILES string of the molecule is CCCNC(=O)[C@H](C)N(Cc1cccc(OC)c1)C(=O)CN(c1ccccc1CC)S(=O)(=O)c1ccc(C)cc1. The number of hydrogen-bond donors (Lipinski definition) is 1. The van der Waals surface area contributed by atoms with E-state index in [1.54, 1.807) is 62.6 Å². The fourth-order valence-electron chi connectivity index (χ4n) is 4.35. The molecule has 1 N–H and O–H groups in total. The van der Waals surface area contributed by atoms with Gasteiger partial charge in [0.05, 0.1) is 17.7 Å². The van der Waals surface area contributed by atoms with Crippen molar-refractivity contribution in [2.24, 2.45) is 0 Å². The van der Waals surface area contributed by atoms with E-state index in [9.17, 15) is 18.0 Å². The summed E-state index contributed by atoms with van der Waals surface area (Å²) in [4.78, 5) is 28.6. The van der Waals surface area contributed by atoms with E-state index < -0.39 is 28.5 Å². The molecule has 214 valence electrons. The van der Waals surface area contributed by atoms with Gasteiger partial charge in [-0.3, -0.25) is 13.9 Å². The number of rotatable bonds is 13. The maximum Gasteiger partial charge on any atom is 0.264 e. The lowest BCUT2D eigenvalue weighted by Gasteiger charge is -2.32. The van der Waals surface area contributed by atoms with Crippen LogP contribution in [0.1, 0.15) is 43.9 Å². The molecule has 3 aromatic carbocycles. The van der Waals surface area contributed by atoms with Crippen LogP contribution in [0, 0.1) is 6.92 Å². The van der Waals surface area contributed by atoms with E-state index in [1.807, 2.05) is 45.0 Å². The Morgan fingerprint density at radius 1 is 0.975 bits per heavy atom. The normalized spacial score (nSPS) is 11.9. The smallest absolute Gasteiger partial charge is 0.264 e. The summed E-state index contributed by atoms with van der Waals surface area (Å²) >= 11 is 0. The van der Waals surface area contributed by atoms with Crippen molar-refractivity contribution in [2.45, 2.75) is 58.0 Å². The second kappa shape index (κ2) is 14.0. The van der Waals surface area contributed by atoms with Crippen LogP contribution in [0.15, 0.2) is 77.7 Å². The summed E-state index contributed by atoms with van der Waals surface area (Å²) in [5.74, 6) is -0.183. The lowest BCUT2D eigenvalue weighted by Crippen LogP contribution is -2.51. The molecule has 8 nitrogen and oxygen atoms in total. The van der Waals surface area contributed by atoms with E-state index in [0.29, 0.717) is 24.4 Å². The van der Waals surface area contributed by atoms with Crippen molar-refractivity contribution in [3.8, 4) is 5.75 Å². The van der Waals surface area contributed by atoms with E-state index >= 15 is 0 Å². The molecular formula is C31H39N3O5S. The first-order valence-corrected chi connectivity index (χ1v) is 14.9. The molecule has 3 aromatic rings. The van der Waals surface area contributed by atoms with Gasteiger partial charge in [0.15, 0.2) is 0 Å². The van der Waals surface area contributed by atoms with E-state index in [-0.39, 0.29) is 17.3 Å². The number of aryl methyl sites for hydroxylation is 2. The van der Waals surface area contributed by atoms with E-state index in [0.717, 1.165) is 27.4 Å². The van der Waals surface area contributed by atoms with E-state index in [1.165, 1.54) is 4.90 Å². The van der Waals surface area contributed by atoms with Gasteiger partial charge in [-0.1, -0.05) is 61.9 Å². The van der Waals surface area contributed by atoms with Crippen molar-refractivity contribution in [3.05, 3.63) is 89.5 Å². The highest BCUT2D eigenvalue weighted by atomic mass is 32.2. The Bertz CT molecular complexity index is 1410. The number of carbonyl (C=O) groups is 2. The number of anilines is 1. The Morgan fingerprint density at radius 2 is 1.68 bits per heavy atom. The fourth-order valence-corrected chi connectivity index (χ4v) is 5.80. The summed E-state index contributed by atoms with van der Waals surface area (Å²) in [5, 5.41) is 2.85. The van der Waals surface area contributed by atoms with Gasteiger partial charge in [-0.05, 0) is 68.1 Å². The molecule has 9 heteroatoms. The third-order valence-electron chi connectivity index (χ3n) is 6.73. The minimum atomic E-state index is -4.11. The molecular weight excluding hydrogens is 526 g/mol. The first-order valence-electron chi connectivity index (χ1n) is 13.5. The zero-order chi connectivity index (χ0) is 29.3. The minimum Gasteiger partial charge on any atom is -0.497 e. The monoisotopic (exact) mass is 565 g/mol. The summed E-state index contributed by atoms with van der Waals surface area (Å²) < 4.78 is 34.5. The number of benzene rings is 3. The van der Waals surface area contributed by atoms with Gasteiger partial charge in [-0.2, -0.15) is 0 Å². The summed E-state index contributed by atoms with van der Waals surface area (Å²) in [6, 6.07) is 20.1. The van der Waals surface area contributed by atoms with Crippen molar-refractivity contribution in [1.29, 1.82) is 0 Å². The molecule has 3 rings (SSSR count). The molecule has 0 saturated carbocycles. The molecule has 0 aromatic heterocycles. The van der Waals surface area contributed by atoms with Crippen LogP contribution in [-0.2, 0) is 32.6 Å². The molecule has 0 spiro atoms. The van der Waals surface area contributed by atoms with Gasteiger partial charge >= 0.3 is 0 Å². The summed E-state index contributed by atoms with van der Waals surface area (Å²) in [5.41, 5.74) is 2.90. The van der Waals surface area contributed by atoms with Gasteiger partial charge in [0, 0.05) is 13.1 Å². The lowest BCUT2D eigenvalue weighted by molar-refractivity contribution is -0.139. The lowest BCUT2D eigenvalue weighted by atomic mass is 10.1. The molecule has 0 fully saturated rings. The average Bonchev–Trinajstić information content (AvgIpc) is 2.97. The highest BCUT2D eigenvalue weighted by Crippen LogP contribution is 2.28. The van der Waals surface area contributed by atoms with Crippen LogP contribution in [0.2, 0.25) is 0 Å². The highest BCUT2D eigenvalue weighted by molar-refractivity contribution is 7.92. The second-order valence-corrected chi connectivity index (χ2v) is 11.5. The Morgan fingerprint density at radius 3 is 2.33 bits per heavy atom. The quantitative estimate of drug-likeness (QED) is 0.324. The predicted molar refractivity (Wildman–Crippen MR) is 158 cm³/mol. The van der Waals surface area contributed by atoms with Crippen LogP contribution in [0.3, 0.4) is 0 Å². The second-order valence-electron chi connectivity index (χ2n) is 9.65. The van der Waals surface area contributed by atoms with Crippen LogP contribution in [0.5, 0.6) is 5.75 Å². The Labute approximate surface area is 238 Å². The minimum absolute atomic E-state index is 0.0879. The number of nitrogens with one attached hydrogen (secondary N) is 1. The standard InChI is InChI=1S/C31H39N3O5S/c1-6-19-32-31(36)24(4)33(21-25-11-10-13-27(20-25)39-5)30(35)22-34(29-14-9-8-12-26(29)7-2)40(37,38)28-17-15-23(3)16-18-28/h8-18,20,24H,6-7,19,21-22H2,1-5H3,(H,32,36)/t24-/m0/s1. The topological polar surface area (TPSA) is 96.0 Å². The zero-order valence-electron chi connectivity index (χ0n) is 23.9. The Kier molecular flexibility index (Phi) is 10.7. The maximum atomic E-state index is 14.0. The Balaban J connectivity index is 2.06. The van der Waals surface area contributed by atoms with Crippen molar-refractivity contribution in [3.63, 3.8) is 0 Å². The first-order chi connectivity index (χ1) is 19.1. The predicted octanol–water partition coefficient (Wildman–Crippen LogP) is 4.70. The van der Waals surface area contributed by atoms with Crippen LogP contribution in [0.4, 0.5) is 5.69 Å². The number of ether oxygens (including phenoxy) is 1. The number of carbonyl (C=O) groups excluding carboxylic acids is 2.